The minimum atomic E-state index is -0.412. The van der Waals surface area contributed by atoms with Gasteiger partial charge in [-0.15, -0.1) is 0 Å². The zero-order valence-electron chi connectivity index (χ0n) is 10.1. The number of aryl methyl sites for hydroxylation is 1. The summed E-state index contributed by atoms with van der Waals surface area (Å²) in [6, 6.07) is 7.68. The Labute approximate surface area is 105 Å². The molecule has 1 aromatic rings. The highest BCUT2D eigenvalue weighted by Crippen LogP contribution is 2.29. The van der Waals surface area contributed by atoms with Crippen LogP contribution in [0.3, 0.4) is 0 Å². The van der Waals surface area contributed by atoms with Crippen LogP contribution < -0.4 is 4.74 Å². The van der Waals surface area contributed by atoms with Gasteiger partial charge in [-0.05, 0) is 42.2 Å². The second-order valence-corrected chi connectivity index (χ2v) is 3.95. The largest absolute Gasteiger partial charge is 0.482 e. The number of allylic oxidation sites excluding steroid dienone is 2. The van der Waals surface area contributed by atoms with Gasteiger partial charge in [-0.3, -0.25) is 0 Å². The number of hydrogen-bond donors (Lipinski definition) is 0. The normalized spacial score (nSPS) is 13.0. The highest BCUT2D eigenvalue weighted by Gasteiger charge is 2.13. The van der Waals surface area contributed by atoms with Crippen molar-refractivity contribution in [3.8, 4) is 11.8 Å². The molecule has 0 heterocycles. The summed E-state index contributed by atoms with van der Waals surface area (Å²) in [5.74, 6) is 0.212. The first-order valence-electron chi connectivity index (χ1n) is 5.67. The average Bonchev–Trinajstić information content (AvgIpc) is 2.43. The maximum absolute atomic E-state index is 11.0. The summed E-state index contributed by atoms with van der Waals surface area (Å²) in [5, 5.41) is 9.00. The monoisotopic (exact) mass is 243 g/mol. The predicted octanol–water partition coefficient (Wildman–Crippen LogP) is 2.09. The topological polar surface area (TPSA) is 59.3 Å². The maximum atomic E-state index is 11.0. The summed E-state index contributed by atoms with van der Waals surface area (Å²) in [6.45, 7) is -0.101. The first-order chi connectivity index (χ1) is 8.74. The van der Waals surface area contributed by atoms with Crippen molar-refractivity contribution >= 4 is 11.5 Å². The van der Waals surface area contributed by atoms with Gasteiger partial charge in [-0.25, -0.2) is 4.79 Å². The predicted molar refractivity (Wildman–Crippen MR) is 65.9 cm³/mol. The Morgan fingerprint density at radius 2 is 2.33 bits per heavy atom. The van der Waals surface area contributed by atoms with Crippen LogP contribution in [0, 0.1) is 11.3 Å². The molecule has 0 radical (unpaired) electrons. The Hall–Kier alpha value is -2.28. The van der Waals surface area contributed by atoms with E-state index in [2.05, 4.69) is 10.8 Å². The van der Waals surface area contributed by atoms with Crippen LogP contribution in [0.5, 0.6) is 5.75 Å². The number of methoxy groups -OCH3 is 1. The van der Waals surface area contributed by atoms with Crippen LogP contribution >= 0.6 is 0 Å². The van der Waals surface area contributed by atoms with Crippen LogP contribution in [-0.2, 0) is 16.0 Å². The molecule has 1 aromatic carbocycles. The minimum Gasteiger partial charge on any atom is -0.482 e. The van der Waals surface area contributed by atoms with Crippen LogP contribution in [0.1, 0.15) is 17.5 Å². The van der Waals surface area contributed by atoms with Crippen molar-refractivity contribution in [2.24, 2.45) is 0 Å². The van der Waals surface area contributed by atoms with Gasteiger partial charge in [-0.2, -0.15) is 5.26 Å². The zero-order chi connectivity index (χ0) is 13.0. The van der Waals surface area contributed by atoms with Crippen LogP contribution in [0.2, 0.25) is 0 Å². The van der Waals surface area contributed by atoms with Gasteiger partial charge in [-0.1, -0.05) is 6.08 Å². The van der Waals surface area contributed by atoms with E-state index in [1.807, 2.05) is 18.2 Å². The molecule has 4 nitrogen and oxygen atoms in total. The van der Waals surface area contributed by atoms with E-state index in [1.54, 1.807) is 6.07 Å². The fourth-order valence-electron chi connectivity index (χ4n) is 1.92. The number of ether oxygens (including phenoxy) is 2. The first-order valence-corrected chi connectivity index (χ1v) is 5.67. The van der Waals surface area contributed by atoms with E-state index in [-0.39, 0.29) is 6.61 Å². The number of benzene rings is 1. The summed E-state index contributed by atoms with van der Waals surface area (Å²) >= 11 is 0. The van der Waals surface area contributed by atoms with Crippen molar-refractivity contribution in [3.63, 3.8) is 0 Å². The van der Waals surface area contributed by atoms with Gasteiger partial charge in [0.05, 0.1) is 18.8 Å². The number of nitrogens with zero attached hydrogens (tertiary/aromatic N) is 1. The smallest absolute Gasteiger partial charge is 0.343 e. The fourth-order valence-corrected chi connectivity index (χ4v) is 1.92. The first kappa shape index (κ1) is 12.2. The Kier molecular flexibility index (Phi) is 3.63. The highest BCUT2D eigenvalue weighted by molar-refractivity contribution is 5.80. The van der Waals surface area contributed by atoms with Crippen molar-refractivity contribution in [2.75, 3.05) is 13.7 Å². The lowest BCUT2D eigenvalue weighted by atomic mass is 9.91. The van der Waals surface area contributed by atoms with Crippen LogP contribution in [0.4, 0.5) is 0 Å². The summed E-state index contributed by atoms with van der Waals surface area (Å²) in [7, 11) is 1.32. The van der Waals surface area contributed by atoms with E-state index >= 15 is 0 Å². The molecule has 2 rings (SSSR count). The number of rotatable bonds is 3. The average molecular weight is 243 g/mol. The number of nitriles is 1. The molecule has 0 saturated heterocycles. The Balaban J connectivity index is 2.16. The summed E-state index contributed by atoms with van der Waals surface area (Å²) in [4.78, 5) is 11.0. The second-order valence-electron chi connectivity index (χ2n) is 3.95. The molecular formula is C14H13NO3. The fraction of sp³-hybridized carbons (Fsp3) is 0.286. The second kappa shape index (κ2) is 5.37. The maximum Gasteiger partial charge on any atom is 0.343 e. The third kappa shape index (κ3) is 2.51. The highest BCUT2D eigenvalue weighted by atomic mass is 16.6. The Morgan fingerprint density at radius 3 is 3.06 bits per heavy atom. The Bertz CT molecular complexity index is 540. The summed E-state index contributed by atoms with van der Waals surface area (Å²) in [5.41, 5.74) is 2.74. The van der Waals surface area contributed by atoms with Crippen molar-refractivity contribution in [3.05, 3.63) is 35.4 Å². The van der Waals surface area contributed by atoms with Gasteiger partial charge in [0, 0.05) is 0 Å². The molecule has 1 aliphatic rings. The van der Waals surface area contributed by atoms with E-state index in [4.69, 9.17) is 10.00 Å². The quantitative estimate of drug-likeness (QED) is 0.763. The van der Waals surface area contributed by atoms with Crippen molar-refractivity contribution in [2.45, 2.75) is 12.8 Å². The Morgan fingerprint density at radius 1 is 1.50 bits per heavy atom. The number of esters is 1. The molecule has 18 heavy (non-hydrogen) atoms. The van der Waals surface area contributed by atoms with Gasteiger partial charge in [0.15, 0.2) is 6.61 Å². The molecule has 1 aliphatic carbocycles. The van der Waals surface area contributed by atoms with Crippen molar-refractivity contribution < 1.29 is 14.3 Å². The molecule has 0 bridgehead atoms. The molecule has 0 amide bonds. The van der Waals surface area contributed by atoms with Gasteiger partial charge in [0.1, 0.15) is 5.75 Å². The molecule has 0 atom stereocenters. The van der Waals surface area contributed by atoms with E-state index in [9.17, 15) is 4.79 Å². The summed E-state index contributed by atoms with van der Waals surface area (Å²) in [6.07, 6.45) is 3.68. The third-order valence-corrected chi connectivity index (χ3v) is 2.83. The molecule has 0 spiro atoms. The number of fused-ring (bicyclic) bond motifs is 1. The summed E-state index contributed by atoms with van der Waals surface area (Å²) < 4.78 is 9.82. The molecule has 0 saturated carbocycles. The molecule has 0 unspecified atom stereocenters. The van der Waals surface area contributed by atoms with Gasteiger partial charge >= 0.3 is 5.97 Å². The lowest BCUT2D eigenvalue weighted by Gasteiger charge is -2.14. The molecule has 92 valence electrons. The van der Waals surface area contributed by atoms with Crippen molar-refractivity contribution in [1.82, 2.24) is 0 Å². The molecule has 0 aliphatic heterocycles. The van der Waals surface area contributed by atoms with E-state index in [0.29, 0.717) is 11.3 Å². The number of carbonyl (C=O) groups excluding carboxylic acids is 1. The van der Waals surface area contributed by atoms with E-state index in [1.165, 1.54) is 7.11 Å². The lowest BCUT2D eigenvalue weighted by molar-refractivity contribution is -0.142. The molecule has 4 heteroatoms. The van der Waals surface area contributed by atoms with E-state index < -0.39 is 5.97 Å². The van der Waals surface area contributed by atoms with Crippen molar-refractivity contribution in [1.29, 1.82) is 5.26 Å². The van der Waals surface area contributed by atoms with Crippen LogP contribution in [0.25, 0.3) is 5.57 Å². The number of hydrogen-bond acceptors (Lipinski definition) is 4. The lowest BCUT2D eigenvalue weighted by Crippen LogP contribution is -2.12. The van der Waals surface area contributed by atoms with Crippen LogP contribution in [-0.4, -0.2) is 19.7 Å². The SMILES string of the molecule is COC(=O)COc1ccc2c(c1)CCC=C2C#N. The third-order valence-electron chi connectivity index (χ3n) is 2.83. The van der Waals surface area contributed by atoms with Gasteiger partial charge in [0.25, 0.3) is 0 Å². The standard InChI is InChI=1S/C14H13NO3/c1-17-14(16)9-18-12-5-6-13-10(7-12)3-2-4-11(13)8-15/h4-7H,2-3,9H2,1H3. The molecule has 0 aromatic heterocycles. The van der Waals surface area contributed by atoms with Crippen LogP contribution in [0.15, 0.2) is 24.3 Å². The number of carbonyl (C=O) groups is 1. The molecule has 0 N–H and O–H groups in total. The molecular weight excluding hydrogens is 230 g/mol. The minimum absolute atomic E-state index is 0.101. The van der Waals surface area contributed by atoms with Gasteiger partial charge < -0.3 is 9.47 Å². The van der Waals surface area contributed by atoms with Gasteiger partial charge in [0.2, 0.25) is 0 Å². The molecule has 0 fully saturated rings. The zero-order valence-corrected chi connectivity index (χ0v) is 10.1. The van der Waals surface area contributed by atoms with E-state index in [0.717, 1.165) is 24.0 Å².